The van der Waals surface area contributed by atoms with Gasteiger partial charge in [0.25, 0.3) is 0 Å². The maximum Gasteiger partial charge on any atom is 0.415 e. The molecule has 1 aromatic carbocycles. The van der Waals surface area contributed by atoms with Gasteiger partial charge in [-0.3, -0.25) is 9.80 Å². The SMILES string of the molecule is CC.O=C1OC(CNc2ccon2)CN1c1ccc(-c2ccc(N3CCOC3=O)nc2)c(F)c1. The predicted molar refractivity (Wildman–Crippen MR) is 122 cm³/mol. The van der Waals surface area contributed by atoms with Gasteiger partial charge in [-0.1, -0.05) is 19.0 Å². The number of cyclic esters (lactones) is 2. The molecular formula is C23H24FN5O5. The molecule has 10 nitrogen and oxygen atoms in total. The number of amides is 2. The largest absolute Gasteiger partial charge is 0.447 e. The first kappa shape index (κ1) is 23.0. The van der Waals surface area contributed by atoms with Crippen molar-refractivity contribution in [2.24, 2.45) is 0 Å². The Kier molecular flexibility index (Phi) is 6.90. The molecule has 34 heavy (non-hydrogen) atoms. The van der Waals surface area contributed by atoms with Crippen LogP contribution >= 0.6 is 0 Å². The molecule has 2 amide bonds. The lowest BCUT2D eigenvalue weighted by Gasteiger charge is -2.15. The molecule has 2 aromatic heterocycles. The molecule has 2 fully saturated rings. The Morgan fingerprint density at radius 3 is 2.62 bits per heavy atom. The van der Waals surface area contributed by atoms with E-state index in [0.29, 0.717) is 48.1 Å². The van der Waals surface area contributed by atoms with Crippen LogP contribution in [0.15, 0.2) is 53.4 Å². The highest BCUT2D eigenvalue weighted by Gasteiger charge is 2.33. The van der Waals surface area contributed by atoms with Crippen molar-refractivity contribution in [3.63, 3.8) is 0 Å². The molecule has 11 heteroatoms. The summed E-state index contributed by atoms with van der Waals surface area (Å²) < 4.78 is 29.9. The number of carbonyl (C=O) groups excluding carboxylic acids is 2. The predicted octanol–water partition coefficient (Wildman–Crippen LogP) is 4.30. The smallest absolute Gasteiger partial charge is 0.415 e. The first-order valence-corrected chi connectivity index (χ1v) is 10.9. The van der Waals surface area contributed by atoms with Crippen molar-refractivity contribution >= 4 is 29.5 Å². The first-order valence-electron chi connectivity index (χ1n) is 10.9. The van der Waals surface area contributed by atoms with Crippen LogP contribution in [0.3, 0.4) is 0 Å². The zero-order valence-corrected chi connectivity index (χ0v) is 18.7. The van der Waals surface area contributed by atoms with Crippen molar-refractivity contribution in [2.45, 2.75) is 20.0 Å². The van der Waals surface area contributed by atoms with Crippen LogP contribution in [0.4, 0.5) is 31.3 Å². The van der Waals surface area contributed by atoms with E-state index < -0.39 is 24.1 Å². The van der Waals surface area contributed by atoms with E-state index >= 15 is 0 Å². The Balaban J connectivity index is 0.00000133. The molecule has 0 radical (unpaired) electrons. The molecule has 1 atom stereocenters. The molecule has 0 spiro atoms. The van der Waals surface area contributed by atoms with Crippen molar-refractivity contribution in [3.8, 4) is 11.1 Å². The molecule has 3 aromatic rings. The van der Waals surface area contributed by atoms with Gasteiger partial charge >= 0.3 is 12.2 Å². The summed E-state index contributed by atoms with van der Waals surface area (Å²) in [5, 5.41) is 6.74. The summed E-state index contributed by atoms with van der Waals surface area (Å²) in [7, 11) is 0. The van der Waals surface area contributed by atoms with Gasteiger partial charge in [0.15, 0.2) is 5.82 Å². The lowest BCUT2D eigenvalue weighted by Crippen LogP contribution is -2.27. The lowest BCUT2D eigenvalue weighted by atomic mass is 10.1. The number of pyridine rings is 1. The van der Waals surface area contributed by atoms with Crippen molar-refractivity contribution in [2.75, 3.05) is 41.4 Å². The summed E-state index contributed by atoms with van der Waals surface area (Å²) in [4.78, 5) is 31.0. The summed E-state index contributed by atoms with van der Waals surface area (Å²) in [5.74, 6) is 0.476. The zero-order valence-electron chi connectivity index (χ0n) is 18.7. The van der Waals surface area contributed by atoms with Gasteiger partial charge in [-0.25, -0.2) is 19.0 Å². The minimum atomic E-state index is -0.548. The van der Waals surface area contributed by atoms with Crippen molar-refractivity contribution in [1.29, 1.82) is 0 Å². The zero-order chi connectivity index (χ0) is 24.1. The number of nitrogens with zero attached hydrogens (tertiary/aromatic N) is 4. The lowest BCUT2D eigenvalue weighted by molar-refractivity contribution is 0.147. The van der Waals surface area contributed by atoms with Gasteiger partial charge in [0.05, 0.1) is 25.3 Å². The monoisotopic (exact) mass is 469 g/mol. The maximum atomic E-state index is 14.9. The van der Waals surface area contributed by atoms with Crippen molar-refractivity contribution in [3.05, 3.63) is 54.7 Å². The number of hydrogen-bond donors (Lipinski definition) is 1. The van der Waals surface area contributed by atoms with E-state index in [1.807, 2.05) is 13.8 Å². The number of nitrogens with one attached hydrogen (secondary N) is 1. The highest BCUT2D eigenvalue weighted by Crippen LogP contribution is 2.30. The third-order valence-electron chi connectivity index (χ3n) is 5.18. The van der Waals surface area contributed by atoms with Crippen molar-refractivity contribution in [1.82, 2.24) is 10.1 Å². The standard InChI is InChI=1S/C21H18FN5O5.C2H6/c22-17-9-14(27-12-15(32-21(27)29)11-23-18-5-7-31-25-18)2-3-16(17)13-1-4-19(24-10-13)26-6-8-30-20(26)28;1-2/h1-5,7,9-10,15H,6,8,11-12H2,(H,23,25);1-2H3. The minimum Gasteiger partial charge on any atom is -0.447 e. The van der Waals surface area contributed by atoms with E-state index in [1.165, 1.54) is 28.3 Å². The second-order valence-corrected chi connectivity index (χ2v) is 7.22. The van der Waals surface area contributed by atoms with Gasteiger partial charge in [0.2, 0.25) is 0 Å². The van der Waals surface area contributed by atoms with Gasteiger partial charge < -0.3 is 19.3 Å². The number of ether oxygens (including phenoxy) is 2. The molecule has 2 aliphatic heterocycles. The number of anilines is 3. The molecule has 1 N–H and O–H groups in total. The van der Waals surface area contributed by atoms with Gasteiger partial charge in [0.1, 0.15) is 30.6 Å². The molecule has 0 aliphatic carbocycles. The van der Waals surface area contributed by atoms with Crippen LogP contribution in [-0.2, 0) is 9.47 Å². The number of benzene rings is 1. The summed E-state index contributed by atoms with van der Waals surface area (Å²) in [6.45, 7) is 5.35. The van der Waals surface area contributed by atoms with E-state index in [1.54, 1.807) is 30.3 Å². The Morgan fingerprint density at radius 1 is 1.12 bits per heavy atom. The number of halogens is 1. The Labute approximate surface area is 195 Å². The Morgan fingerprint density at radius 2 is 1.97 bits per heavy atom. The molecule has 2 aliphatic rings. The molecule has 178 valence electrons. The Hall–Kier alpha value is -4.15. The van der Waals surface area contributed by atoms with Crippen LogP contribution in [0, 0.1) is 5.82 Å². The van der Waals surface area contributed by atoms with Crippen LogP contribution in [0.1, 0.15) is 13.8 Å². The third kappa shape index (κ3) is 4.77. The van der Waals surface area contributed by atoms with E-state index in [2.05, 4.69) is 15.5 Å². The fourth-order valence-corrected chi connectivity index (χ4v) is 3.57. The minimum absolute atomic E-state index is 0.269. The average Bonchev–Trinajstić information content (AvgIpc) is 3.61. The summed E-state index contributed by atoms with van der Waals surface area (Å²) >= 11 is 0. The fourth-order valence-electron chi connectivity index (χ4n) is 3.57. The van der Waals surface area contributed by atoms with Crippen LogP contribution in [0.2, 0.25) is 0 Å². The topological polar surface area (TPSA) is 110 Å². The van der Waals surface area contributed by atoms with Crippen molar-refractivity contribution < 1.29 is 28.0 Å². The number of hydrogen-bond acceptors (Lipinski definition) is 8. The molecular weight excluding hydrogens is 445 g/mol. The van der Waals surface area contributed by atoms with Crippen LogP contribution in [0.5, 0.6) is 0 Å². The fraction of sp³-hybridized carbons (Fsp3) is 0.304. The van der Waals surface area contributed by atoms with Gasteiger partial charge in [-0.05, 0) is 30.3 Å². The quantitative estimate of drug-likeness (QED) is 0.569. The summed E-state index contributed by atoms with van der Waals surface area (Å²) in [5.41, 5.74) is 1.27. The first-order chi connectivity index (χ1) is 16.6. The number of carbonyl (C=O) groups is 2. The van der Waals surface area contributed by atoms with E-state index in [0.717, 1.165) is 0 Å². The maximum absolute atomic E-state index is 14.9. The van der Waals surface area contributed by atoms with Gasteiger partial charge in [-0.15, -0.1) is 0 Å². The molecule has 5 rings (SSSR count). The van der Waals surface area contributed by atoms with E-state index in [4.69, 9.17) is 14.0 Å². The molecule has 0 bridgehead atoms. The van der Waals surface area contributed by atoms with E-state index in [9.17, 15) is 14.0 Å². The van der Waals surface area contributed by atoms with Gasteiger partial charge in [-0.2, -0.15) is 0 Å². The third-order valence-corrected chi connectivity index (χ3v) is 5.18. The second kappa shape index (κ2) is 10.2. The normalized spacial score (nSPS) is 17.2. The molecule has 0 saturated carbocycles. The van der Waals surface area contributed by atoms with Crippen LogP contribution in [0.25, 0.3) is 11.1 Å². The average molecular weight is 469 g/mol. The Bertz CT molecular complexity index is 1140. The number of aromatic nitrogens is 2. The van der Waals surface area contributed by atoms with Crippen LogP contribution in [-0.4, -0.2) is 54.7 Å². The molecule has 1 unspecified atom stereocenters. The summed E-state index contributed by atoms with van der Waals surface area (Å²) in [6.07, 6.45) is 1.51. The van der Waals surface area contributed by atoms with Crippen LogP contribution < -0.4 is 15.1 Å². The highest BCUT2D eigenvalue weighted by atomic mass is 19.1. The molecule has 2 saturated heterocycles. The number of rotatable bonds is 6. The highest BCUT2D eigenvalue weighted by molar-refractivity contribution is 5.90. The molecule has 4 heterocycles. The van der Waals surface area contributed by atoms with E-state index in [-0.39, 0.29) is 6.54 Å². The second-order valence-electron chi connectivity index (χ2n) is 7.22. The summed E-state index contributed by atoms with van der Waals surface area (Å²) in [6, 6.07) is 9.50. The van der Waals surface area contributed by atoms with Gasteiger partial charge in [0, 0.05) is 23.4 Å².